The predicted octanol–water partition coefficient (Wildman–Crippen LogP) is 2.60. The highest BCUT2D eigenvalue weighted by Gasteiger charge is 2.28. The molecule has 3 rings (SSSR count). The van der Waals surface area contributed by atoms with E-state index in [1.165, 1.54) is 0 Å². The molecule has 3 N–H and O–H groups in total. The molecule has 27 heavy (non-hydrogen) atoms. The molecule has 2 aromatic rings. The SMILES string of the molecule is CC(C)c1ccc(S(=O)(=O)N2CCN(c3ccc(C(=N)N)cc3)CC2)cc1. The zero-order valence-corrected chi connectivity index (χ0v) is 16.5. The zero-order chi connectivity index (χ0) is 19.6. The van der Waals surface area contributed by atoms with Crippen molar-refractivity contribution in [2.75, 3.05) is 31.1 Å². The van der Waals surface area contributed by atoms with E-state index in [1.807, 2.05) is 36.4 Å². The molecule has 144 valence electrons. The average Bonchev–Trinajstić information content (AvgIpc) is 2.68. The Balaban J connectivity index is 1.68. The number of nitrogens with one attached hydrogen (secondary N) is 1. The molecule has 1 aliphatic heterocycles. The van der Waals surface area contributed by atoms with Crippen LogP contribution < -0.4 is 10.6 Å². The van der Waals surface area contributed by atoms with Crippen molar-refractivity contribution in [2.45, 2.75) is 24.7 Å². The van der Waals surface area contributed by atoms with Crippen LogP contribution in [-0.2, 0) is 10.0 Å². The van der Waals surface area contributed by atoms with Crippen LogP contribution in [0.15, 0.2) is 53.4 Å². The van der Waals surface area contributed by atoms with Gasteiger partial charge in [-0.15, -0.1) is 0 Å². The van der Waals surface area contributed by atoms with Crippen LogP contribution in [0.5, 0.6) is 0 Å². The van der Waals surface area contributed by atoms with Gasteiger partial charge in [-0.1, -0.05) is 26.0 Å². The van der Waals surface area contributed by atoms with Crippen LogP contribution in [-0.4, -0.2) is 44.7 Å². The van der Waals surface area contributed by atoms with Gasteiger partial charge in [0.15, 0.2) is 0 Å². The van der Waals surface area contributed by atoms with Gasteiger partial charge in [-0.2, -0.15) is 4.31 Å². The van der Waals surface area contributed by atoms with Crippen LogP contribution >= 0.6 is 0 Å². The lowest BCUT2D eigenvalue weighted by Crippen LogP contribution is -2.48. The quantitative estimate of drug-likeness (QED) is 0.610. The van der Waals surface area contributed by atoms with E-state index in [-0.39, 0.29) is 5.84 Å². The van der Waals surface area contributed by atoms with Crippen LogP contribution in [0.3, 0.4) is 0 Å². The summed E-state index contributed by atoms with van der Waals surface area (Å²) in [6.45, 7) is 6.33. The molecule has 1 aliphatic rings. The van der Waals surface area contributed by atoms with E-state index in [1.54, 1.807) is 16.4 Å². The van der Waals surface area contributed by atoms with Crippen LogP contribution in [0.25, 0.3) is 0 Å². The van der Waals surface area contributed by atoms with Gasteiger partial charge in [-0.3, -0.25) is 5.41 Å². The second kappa shape index (κ2) is 7.70. The highest BCUT2D eigenvalue weighted by atomic mass is 32.2. The Morgan fingerprint density at radius 2 is 1.52 bits per heavy atom. The summed E-state index contributed by atoms with van der Waals surface area (Å²) in [4.78, 5) is 2.50. The molecule has 0 bridgehead atoms. The van der Waals surface area contributed by atoms with E-state index < -0.39 is 10.0 Å². The fourth-order valence-electron chi connectivity index (χ4n) is 3.21. The fraction of sp³-hybridized carbons (Fsp3) is 0.350. The number of rotatable bonds is 5. The van der Waals surface area contributed by atoms with E-state index in [4.69, 9.17) is 11.1 Å². The third-order valence-corrected chi connectivity index (χ3v) is 6.88. The first kappa shape index (κ1) is 19.4. The number of nitrogens with zero attached hydrogens (tertiary/aromatic N) is 2. The lowest BCUT2D eigenvalue weighted by atomic mass is 10.0. The van der Waals surface area contributed by atoms with Crippen molar-refractivity contribution in [3.63, 3.8) is 0 Å². The molecule has 6 nitrogen and oxygen atoms in total. The van der Waals surface area contributed by atoms with Gasteiger partial charge >= 0.3 is 0 Å². The number of anilines is 1. The summed E-state index contributed by atoms with van der Waals surface area (Å²) in [5.74, 6) is 0.417. The molecule has 0 saturated carbocycles. The molecule has 2 aromatic carbocycles. The first-order valence-corrected chi connectivity index (χ1v) is 10.5. The molecule has 7 heteroatoms. The highest BCUT2D eigenvalue weighted by Crippen LogP contribution is 2.23. The molecule has 0 spiro atoms. The number of hydrogen-bond acceptors (Lipinski definition) is 4. The summed E-state index contributed by atoms with van der Waals surface area (Å²) in [7, 11) is -3.47. The summed E-state index contributed by atoms with van der Waals surface area (Å²) < 4.78 is 27.4. The molecule has 0 aliphatic carbocycles. The summed E-state index contributed by atoms with van der Waals surface area (Å²) in [6.07, 6.45) is 0. The van der Waals surface area contributed by atoms with Crippen molar-refractivity contribution in [3.05, 3.63) is 59.7 Å². The summed E-state index contributed by atoms with van der Waals surface area (Å²) in [5.41, 5.74) is 8.32. The lowest BCUT2D eigenvalue weighted by Gasteiger charge is -2.35. The molecule has 0 radical (unpaired) electrons. The van der Waals surface area contributed by atoms with Crippen LogP contribution in [0.4, 0.5) is 5.69 Å². The minimum Gasteiger partial charge on any atom is -0.384 e. The molecular formula is C20H26N4O2S. The van der Waals surface area contributed by atoms with E-state index >= 15 is 0 Å². The predicted molar refractivity (Wildman–Crippen MR) is 109 cm³/mol. The molecule has 1 saturated heterocycles. The number of amidine groups is 1. The Morgan fingerprint density at radius 3 is 2.00 bits per heavy atom. The summed E-state index contributed by atoms with van der Waals surface area (Å²) in [6, 6.07) is 14.7. The third-order valence-electron chi connectivity index (χ3n) is 4.97. The number of benzene rings is 2. The molecule has 0 unspecified atom stereocenters. The minimum atomic E-state index is -3.47. The van der Waals surface area contributed by atoms with Gasteiger partial charge in [0.25, 0.3) is 0 Å². The van der Waals surface area contributed by atoms with Crippen LogP contribution in [0.1, 0.15) is 30.9 Å². The minimum absolute atomic E-state index is 0.0425. The fourth-order valence-corrected chi connectivity index (χ4v) is 4.63. The number of hydrogen-bond donors (Lipinski definition) is 2. The van der Waals surface area contributed by atoms with Crippen molar-refractivity contribution in [1.29, 1.82) is 5.41 Å². The van der Waals surface area contributed by atoms with Gasteiger partial charge in [0.2, 0.25) is 10.0 Å². The Morgan fingerprint density at radius 1 is 0.963 bits per heavy atom. The van der Waals surface area contributed by atoms with Crippen molar-refractivity contribution in [3.8, 4) is 0 Å². The highest BCUT2D eigenvalue weighted by molar-refractivity contribution is 7.89. The summed E-state index contributed by atoms with van der Waals surface area (Å²) >= 11 is 0. The maximum absolute atomic E-state index is 12.9. The van der Waals surface area contributed by atoms with Gasteiger partial charge in [-0.05, 0) is 47.9 Å². The standard InChI is InChI=1S/C20H26N4O2S/c1-15(2)16-5-9-19(10-6-16)27(25,26)24-13-11-23(12-14-24)18-7-3-17(4-8-18)20(21)22/h3-10,15H,11-14H2,1-2H3,(H3,21,22). The summed E-state index contributed by atoms with van der Waals surface area (Å²) in [5, 5.41) is 7.45. The molecular weight excluding hydrogens is 360 g/mol. The molecule has 0 atom stereocenters. The van der Waals surface area contributed by atoms with E-state index in [0.717, 1.165) is 11.3 Å². The van der Waals surface area contributed by atoms with E-state index in [9.17, 15) is 8.42 Å². The van der Waals surface area contributed by atoms with Gasteiger partial charge in [0, 0.05) is 37.4 Å². The van der Waals surface area contributed by atoms with Gasteiger partial charge in [0.05, 0.1) is 4.90 Å². The van der Waals surface area contributed by atoms with Gasteiger partial charge < -0.3 is 10.6 Å². The first-order chi connectivity index (χ1) is 12.8. The van der Waals surface area contributed by atoms with Crippen molar-refractivity contribution < 1.29 is 8.42 Å². The first-order valence-electron chi connectivity index (χ1n) is 9.08. The van der Waals surface area contributed by atoms with Crippen molar-refractivity contribution >= 4 is 21.5 Å². The number of sulfonamides is 1. The topological polar surface area (TPSA) is 90.5 Å². The third kappa shape index (κ3) is 4.14. The Bertz CT molecular complexity index is 898. The Kier molecular flexibility index (Phi) is 5.53. The lowest BCUT2D eigenvalue weighted by molar-refractivity contribution is 0.385. The molecule has 1 fully saturated rings. The second-order valence-electron chi connectivity index (χ2n) is 7.08. The number of nitrogen functional groups attached to an aromatic ring is 1. The Labute approximate surface area is 161 Å². The van der Waals surface area contributed by atoms with Crippen molar-refractivity contribution in [1.82, 2.24) is 4.31 Å². The van der Waals surface area contributed by atoms with Crippen LogP contribution in [0.2, 0.25) is 0 Å². The maximum atomic E-state index is 12.9. The van der Waals surface area contributed by atoms with Crippen LogP contribution in [0, 0.1) is 5.41 Å². The van der Waals surface area contributed by atoms with Gasteiger partial charge in [-0.25, -0.2) is 8.42 Å². The molecule has 0 aromatic heterocycles. The largest absolute Gasteiger partial charge is 0.384 e. The maximum Gasteiger partial charge on any atom is 0.243 e. The van der Waals surface area contributed by atoms with Gasteiger partial charge in [0.1, 0.15) is 5.84 Å². The normalized spacial score (nSPS) is 15.9. The average molecular weight is 387 g/mol. The monoisotopic (exact) mass is 386 g/mol. The number of piperazine rings is 1. The number of nitrogens with two attached hydrogens (primary N) is 1. The van der Waals surface area contributed by atoms with E-state index in [0.29, 0.717) is 42.6 Å². The molecule has 0 amide bonds. The Hall–Kier alpha value is -2.38. The van der Waals surface area contributed by atoms with Crippen molar-refractivity contribution in [2.24, 2.45) is 5.73 Å². The second-order valence-corrected chi connectivity index (χ2v) is 9.01. The van der Waals surface area contributed by atoms with E-state index in [2.05, 4.69) is 18.7 Å². The zero-order valence-electron chi connectivity index (χ0n) is 15.7. The molecule has 1 heterocycles. The smallest absolute Gasteiger partial charge is 0.243 e.